The van der Waals surface area contributed by atoms with Gasteiger partial charge in [-0.05, 0) is 30.5 Å². The van der Waals surface area contributed by atoms with Crippen molar-refractivity contribution >= 4 is 16.9 Å². The molecular weight excluding hydrogens is 338 g/mol. The predicted octanol–water partition coefficient (Wildman–Crippen LogP) is 3.99. The van der Waals surface area contributed by atoms with E-state index in [1.165, 1.54) is 5.56 Å². The fourth-order valence-electron chi connectivity index (χ4n) is 3.19. The smallest absolute Gasteiger partial charge is 0.191 e. The molecule has 0 spiro atoms. The van der Waals surface area contributed by atoms with Crippen LogP contribution in [-0.4, -0.2) is 23.1 Å². The second-order valence-corrected chi connectivity index (χ2v) is 6.50. The van der Waals surface area contributed by atoms with Crippen LogP contribution in [0.2, 0.25) is 0 Å². The van der Waals surface area contributed by atoms with E-state index in [0.717, 1.165) is 41.2 Å². The molecule has 0 unspecified atom stereocenters. The van der Waals surface area contributed by atoms with Crippen LogP contribution in [0.25, 0.3) is 10.9 Å². The van der Waals surface area contributed by atoms with Crippen LogP contribution in [0.5, 0.6) is 0 Å². The minimum Gasteiger partial charge on any atom is -0.359 e. The molecule has 0 aliphatic heterocycles. The lowest BCUT2D eigenvalue weighted by Gasteiger charge is -2.12. The molecule has 0 saturated carbocycles. The summed E-state index contributed by atoms with van der Waals surface area (Å²) in [6, 6.07) is 12.2. The molecule has 27 heavy (non-hydrogen) atoms. The van der Waals surface area contributed by atoms with Crippen molar-refractivity contribution in [3.8, 4) is 0 Å². The molecule has 0 aliphatic carbocycles. The molecule has 0 radical (unpaired) electrons. The quantitative estimate of drug-likeness (QED) is 0.489. The number of pyridine rings is 1. The minimum atomic E-state index is 0.458. The summed E-state index contributed by atoms with van der Waals surface area (Å²) in [5.74, 6) is 1.99. The van der Waals surface area contributed by atoms with E-state index in [2.05, 4.69) is 45.7 Å². The highest BCUT2D eigenvalue weighted by Crippen LogP contribution is 2.22. The lowest BCUT2D eigenvalue weighted by molar-refractivity contribution is 0.368. The number of para-hydroxylation sites is 1. The van der Waals surface area contributed by atoms with Crippen molar-refractivity contribution in [1.29, 1.82) is 0 Å². The third-order valence-electron chi connectivity index (χ3n) is 4.82. The summed E-state index contributed by atoms with van der Waals surface area (Å²) in [7, 11) is 1.76. The second kappa shape index (κ2) is 9.16. The van der Waals surface area contributed by atoms with Crippen molar-refractivity contribution in [2.45, 2.75) is 45.7 Å². The van der Waals surface area contributed by atoms with Crippen LogP contribution >= 0.6 is 0 Å². The van der Waals surface area contributed by atoms with Crippen LogP contribution in [0, 0.1) is 0 Å². The maximum Gasteiger partial charge on any atom is 0.191 e. The lowest BCUT2D eigenvalue weighted by atomic mass is 9.99. The third kappa shape index (κ3) is 4.64. The van der Waals surface area contributed by atoms with E-state index in [4.69, 9.17) is 4.52 Å². The van der Waals surface area contributed by atoms with E-state index in [9.17, 15) is 0 Å². The largest absolute Gasteiger partial charge is 0.359 e. The van der Waals surface area contributed by atoms with Crippen LogP contribution in [0.15, 0.2) is 52.1 Å². The number of nitrogens with zero attached hydrogens (tertiary/aromatic N) is 3. The van der Waals surface area contributed by atoms with Crippen molar-refractivity contribution in [1.82, 2.24) is 20.8 Å². The molecule has 2 heterocycles. The van der Waals surface area contributed by atoms with Gasteiger partial charge in [0.15, 0.2) is 11.7 Å². The van der Waals surface area contributed by atoms with Gasteiger partial charge in [-0.2, -0.15) is 0 Å². The van der Waals surface area contributed by atoms with Gasteiger partial charge in [0, 0.05) is 37.2 Å². The van der Waals surface area contributed by atoms with Gasteiger partial charge in [0.05, 0.1) is 17.8 Å². The third-order valence-corrected chi connectivity index (χ3v) is 4.82. The Labute approximate surface area is 160 Å². The molecule has 0 fully saturated rings. The van der Waals surface area contributed by atoms with E-state index < -0.39 is 0 Å². The average molecular weight is 365 g/mol. The van der Waals surface area contributed by atoms with Gasteiger partial charge < -0.3 is 15.2 Å². The van der Waals surface area contributed by atoms with Gasteiger partial charge >= 0.3 is 0 Å². The molecule has 2 aromatic heterocycles. The van der Waals surface area contributed by atoms with E-state index >= 15 is 0 Å². The van der Waals surface area contributed by atoms with Crippen molar-refractivity contribution in [3.05, 3.63) is 59.6 Å². The number of benzene rings is 1. The zero-order valence-corrected chi connectivity index (χ0v) is 16.2. The monoisotopic (exact) mass is 365 g/mol. The highest BCUT2D eigenvalue weighted by molar-refractivity contribution is 5.83. The Bertz CT molecular complexity index is 893. The summed E-state index contributed by atoms with van der Waals surface area (Å²) in [6.07, 6.45) is 3.97. The van der Waals surface area contributed by atoms with Crippen LogP contribution in [0.1, 0.15) is 49.6 Å². The molecule has 0 saturated heterocycles. The molecule has 0 amide bonds. The van der Waals surface area contributed by atoms with Crippen LogP contribution < -0.4 is 10.6 Å². The van der Waals surface area contributed by atoms with Crippen molar-refractivity contribution in [2.75, 3.05) is 7.05 Å². The van der Waals surface area contributed by atoms with Gasteiger partial charge in [-0.15, -0.1) is 0 Å². The van der Waals surface area contributed by atoms with Gasteiger partial charge in [-0.1, -0.05) is 37.2 Å². The first kappa shape index (κ1) is 18.9. The van der Waals surface area contributed by atoms with Gasteiger partial charge in [0.1, 0.15) is 0 Å². The summed E-state index contributed by atoms with van der Waals surface area (Å²) in [5, 5.41) is 12.0. The molecule has 142 valence electrons. The topological polar surface area (TPSA) is 75.3 Å². The number of aromatic nitrogens is 2. The molecular formula is C21H27N5O. The van der Waals surface area contributed by atoms with Crippen molar-refractivity contribution < 1.29 is 4.52 Å². The predicted molar refractivity (Wildman–Crippen MR) is 109 cm³/mol. The Morgan fingerprint density at radius 1 is 1.11 bits per heavy atom. The first-order valence-corrected chi connectivity index (χ1v) is 9.47. The Morgan fingerprint density at radius 2 is 1.89 bits per heavy atom. The first-order chi connectivity index (χ1) is 13.2. The first-order valence-electron chi connectivity index (χ1n) is 9.47. The molecule has 2 N–H and O–H groups in total. The fraction of sp³-hybridized carbons (Fsp3) is 0.381. The second-order valence-electron chi connectivity index (χ2n) is 6.50. The standard InChI is InChI=1S/C21H27N5O/c1-4-15(5-2)20-12-17(27-26-20)14-25-21(22-3)24-13-16-10-11-23-19-9-7-6-8-18(16)19/h6-12,15H,4-5,13-14H2,1-3H3,(H2,22,24,25). The van der Waals surface area contributed by atoms with E-state index in [-0.39, 0.29) is 0 Å². The minimum absolute atomic E-state index is 0.458. The van der Waals surface area contributed by atoms with Gasteiger partial charge in [-0.25, -0.2) is 0 Å². The zero-order chi connectivity index (χ0) is 19.1. The SMILES string of the molecule is CCC(CC)c1cc(CNC(=NC)NCc2ccnc3ccccc23)on1. The summed E-state index contributed by atoms with van der Waals surface area (Å²) < 4.78 is 5.46. The Balaban J connectivity index is 1.58. The van der Waals surface area contributed by atoms with Crippen LogP contribution in [0.3, 0.4) is 0 Å². The van der Waals surface area contributed by atoms with Crippen LogP contribution in [-0.2, 0) is 13.1 Å². The maximum absolute atomic E-state index is 5.46. The molecule has 1 aromatic carbocycles. The molecule has 6 heteroatoms. The van der Waals surface area contributed by atoms with Gasteiger partial charge in [-0.3, -0.25) is 9.98 Å². The average Bonchev–Trinajstić information content (AvgIpc) is 3.18. The Hall–Kier alpha value is -2.89. The summed E-state index contributed by atoms with van der Waals surface area (Å²) in [6.45, 7) is 5.56. The molecule has 3 aromatic rings. The summed E-state index contributed by atoms with van der Waals surface area (Å²) >= 11 is 0. The number of nitrogens with one attached hydrogen (secondary N) is 2. The highest BCUT2D eigenvalue weighted by atomic mass is 16.5. The normalized spacial score (nSPS) is 11.9. The Morgan fingerprint density at radius 3 is 2.67 bits per heavy atom. The van der Waals surface area contributed by atoms with Gasteiger partial charge in [0.25, 0.3) is 0 Å². The number of hydrogen-bond acceptors (Lipinski definition) is 4. The lowest BCUT2D eigenvalue weighted by Crippen LogP contribution is -2.36. The highest BCUT2D eigenvalue weighted by Gasteiger charge is 2.13. The van der Waals surface area contributed by atoms with E-state index in [1.54, 1.807) is 7.05 Å². The van der Waals surface area contributed by atoms with Crippen molar-refractivity contribution in [2.24, 2.45) is 4.99 Å². The van der Waals surface area contributed by atoms with Gasteiger partial charge in [0.2, 0.25) is 0 Å². The number of aliphatic imine (C=N–C) groups is 1. The number of rotatable bonds is 7. The Kier molecular flexibility index (Phi) is 6.41. The summed E-state index contributed by atoms with van der Waals surface area (Å²) in [5.41, 5.74) is 3.21. The van der Waals surface area contributed by atoms with Crippen molar-refractivity contribution in [3.63, 3.8) is 0 Å². The zero-order valence-electron chi connectivity index (χ0n) is 16.2. The van der Waals surface area contributed by atoms with E-state index in [0.29, 0.717) is 19.0 Å². The van der Waals surface area contributed by atoms with Crippen LogP contribution in [0.4, 0.5) is 0 Å². The molecule has 3 rings (SSSR count). The maximum atomic E-state index is 5.46. The van der Waals surface area contributed by atoms with E-state index in [1.807, 2.05) is 36.5 Å². The number of hydrogen-bond donors (Lipinski definition) is 2. The molecule has 0 bridgehead atoms. The summed E-state index contributed by atoms with van der Waals surface area (Å²) in [4.78, 5) is 8.69. The molecule has 6 nitrogen and oxygen atoms in total. The molecule has 0 aliphatic rings. The number of fused-ring (bicyclic) bond motifs is 1. The fourth-order valence-corrected chi connectivity index (χ4v) is 3.19. The molecule has 0 atom stereocenters. The number of guanidine groups is 1.